The lowest BCUT2D eigenvalue weighted by Gasteiger charge is -2.35. The lowest BCUT2D eigenvalue weighted by atomic mass is 10.1. The van der Waals surface area contributed by atoms with Crippen molar-refractivity contribution >= 4 is 40.8 Å². The Hall–Kier alpha value is -2.44. The third-order valence-corrected chi connectivity index (χ3v) is 4.78. The van der Waals surface area contributed by atoms with E-state index in [-0.39, 0.29) is 18.2 Å². The summed E-state index contributed by atoms with van der Waals surface area (Å²) < 4.78 is 0. The van der Waals surface area contributed by atoms with Gasteiger partial charge in [-0.1, -0.05) is 41.4 Å². The van der Waals surface area contributed by atoms with E-state index in [1.54, 1.807) is 42.6 Å². The first kappa shape index (κ1) is 17.4. The van der Waals surface area contributed by atoms with E-state index >= 15 is 0 Å². The van der Waals surface area contributed by atoms with E-state index in [0.717, 1.165) is 5.56 Å². The highest BCUT2D eigenvalue weighted by Gasteiger charge is 2.32. The van der Waals surface area contributed by atoms with Crippen molar-refractivity contribution in [1.29, 1.82) is 10.8 Å². The quantitative estimate of drug-likeness (QED) is 0.638. The maximum Gasteiger partial charge on any atom is 0.289 e. The number of nitrogens with zero attached hydrogens (tertiary/aromatic N) is 3. The summed E-state index contributed by atoms with van der Waals surface area (Å²) in [6, 6.07) is 10.4. The average Bonchev–Trinajstić information content (AvgIpc) is 2.63. The molecular weight excluding hydrogens is 361 g/mol. The Labute approximate surface area is 155 Å². The monoisotopic (exact) mass is 375 g/mol. The summed E-state index contributed by atoms with van der Waals surface area (Å²) in [5.74, 6) is -0.664. The average molecular weight is 376 g/mol. The maximum absolute atomic E-state index is 12.5. The van der Waals surface area contributed by atoms with Crippen LogP contribution in [0.25, 0.3) is 0 Å². The van der Waals surface area contributed by atoms with Crippen molar-refractivity contribution in [2.75, 3.05) is 13.1 Å². The standard InChI is InChI=1S/C17H15Cl2N5O/c18-12-5-3-4-11(14(12)19)10-23-8-9-24(16(21)17(23)25)15(20)13-6-1-2-7-22-13/h1-7,20-21H,8-10H2. The molecule has 1 amide bonds. The second-order valence-electron chi connectivity index (χ2n) is 5.50. The van der Waals surface area contributed by atoms with Gasteiger partial charge in [0.15, 0.2) is 11.7 Å². The molecule has 1 saturated heterocycles. The van der Waals surface area contributed by atoms with Crippen LogP contribution in [0.2, 0.25) is 10.0 Å². The summed E-state index contributed by atoms with van der Waals surface area (Å²) >= 11 is 12.2. The van der Waals surface area contributed by atoms with Crippen LogP contribution in [0, 0.1) is 10.8 Å². The number of carbonyl (C=O) groups is 1. The van der Waals surface area contributed by atoms with Crippen molar-refractivity contribution in [3.63, 3.8) is 0 Å². The van der Waals surface area contributed by atoms with Gasteiger partial charge in [-0.3, -0.25) is 20.6 Å². The molecule has 1 aliphatic heterocycles. The Morgan fingerprint density at radius 1 is 1.16 bits per heavy atom. The lowest BCUT2D eigenvalue weighted by Crippen LogP contribution is -2.55. The van der Waals surface area contributed by atoms with Crippen LogP contribution in [0.4, 0.5) is 0 Å². The molecule has 3 rings (SSSR count). The molecule has 0 saturated carbocycles. The van der Waals surface area contributed by atoms with Crippen LogP contribution in [0.3, 0.4) is 0 Å². The molecule has 0 radical (unpaired) electrons. The summed E-state index contributed by atoms with van der Waals surface area (Å²) in [7, 11) is 0. The second kappa shape index (κ2) is 7.21. The topological polar surface area (TPSA) is 84.1 Å². The molecule has 0 spiro atoms. The molecule has 8 heteroatoms. The number of benzene rings is 1. The van der Waals surface area contributed by atoms with Gasteiger partial charge in [-0.15, -0.1) is 0 Å². The van der Waals surface area contributed by atoms with Crippen LogP contribution in [-0.4, -0.2) is 45.5 Å². The Morgan fingerprint density at radius 3 is 2.68 bits per heavy atom. The molecule has 2 heterocycles. The van der Waals surface area contributed by atoms with Crippen LogP contribution in [0.5, 0.6) is 0 Å². The molecule has 2 N–H and O–H groups in total. The predicted molar refractivity (Wildman–Crippen MR) is 97.4 cm³/mol. The fourth-order valence-electron chi connectivity index (χ4n) is 2.59. The number of piperazine rings is 1. The van der Waals surface area contributed by atoms with Gasteiger partial charge < -0.3 is 9.80 Å². The van der Waals surface area contributed by atoms with Crippen LogP contribution in [0.1, 0.15) is 11.3 Å². The van der Waals surface area contributed by atoms with Gasteiger partial charge in [0, 0.05) is 25.8 Å². The van der Waals surface area contributed by atoms with Gasteiger partial charge in [-0.2, -0.15) is 0 Å². The molecule has 6 nitrogen and oxygen atoms in total. The largest absolute Gasteiger partial charge is 0.330 e. The van der Waals surface area contributed by atoms with Gasteiger partial charge in [0.1, 0.15) is 5.69 Å². The number of hydrogen-bond acceptors (Lipinski definition) is 4. The van der Waals surface area contributed by atoms with Crippen molar-refractivity contribution in [3.05, 3.63) is 63.9 Å². The van der Waals surface area contributed by atoms with Crippen LogP contribution < -0.4 is 0 Å². The Morgan fingerprint density at radius 2 is 1.96 bits per heavy atom. The first-order valence-electron chi connectivity index (χ1n) is 7.57. The molecule has 128 valence electrons. The van der Waals surface area contributed by atoms with Gasteiger partial charge in [0.2, 0.25) is 0 Å². The molecule has 0 atom stereocenters. The number of nitrogens with one attached hydrogen (secondary N) is 2. The van der Waals surface area contributed by atoms with Crippen molar-refractivity contribution in [1.82, 2.24) is 14.8 Å². The van der Waals surface area contributed by atoms with E-state index in [4.69, 9.17) is 34.0 Å². The Bertz CT molecular complexity index is 840. The molecule has 2 aromatic rings. The van der Waals surface area contributed by atoms with E-state index in [2.05, 4.69) is 4.98 Å². The van der Waals surface area contributed by atoms with Crippen molar-refractivity contribution in [2.45, 2.75) is 6.54 Å². The van der Waals surface area contributed by atoms with E-state index in [1.165, 1.54) is 9.80 Å². The molecule has 0 unspecified atom stereocenters. The fourth-order valence-corrected chi connectivity index (χ4v) is 2.97. The third kappa shape index (κ3) is 3.50. The molecular formula is C17H15Cl2N5O. The number of aromatic nitrogens is 1. The summed E-state index contributed by atoms with van der Waals surface area (Å²) in [6.07, 6.45) is 1.58. The van der Waals surface area contributed by atoms with E-state index in [1.807, 2.05) is 0 Å². The van der Waals surface area contributed by atoms with E-state index in [9.17, 15) is 4.79 Å². The summed E-state index contributed by atoms with van der Waals surface area (Å²) in [6.45, 7) is 0.989. The van der Waals surface area contributed by atoms with Crippen LogP contribution >= 0.6 is 23.2 Å². The predicted octanol–water partition coefficient (Wildman–Crippen LogP) is 3.04. The SMILES string of the molecule is N=C1C(=O)N(Cc2cccc(Cl)c2Cl)CCN1C(=N)c1ccccn1. The molecule has 25 heavy (non-hydrogen) atoms. The Kier molecular flexibility index (Phi) is 5.01. The molecule has 1 aliphatic rings. The van der Waals surface area contributed by atoms with Gasteiger partial charge in [0.25, 0.3) is 5.91 Å². The van der Waals surface area contributed by atoms with Gasteiger partial charge >= 0.3 is 0 Å². The number of carbonyl (C=O) groups excluding carboxylic acids is 1. The highest BCUT2D eigenvalue weighted by molar-refractivity contribution is 6.42. The number of amides is 1. The first-order valence-corrected chi connectivity index (χ1v) is 8.33. The van der Waals surface area contributed by atoms with Crippen molar-refractivity contribution < 1.29 is 4.79 Å². The van der Waals surface area contributed by atoms with Gasteiger partial charge in [0.05, 0.1) is 10.0 Å². The minimum Gasteiger partial charge on any atom is -0.330 e. The van der Waals surface area contributed by atoms with Crippen LogP contribution in [0.15, 0.2) is 42.6 Å². The number of amidine groups is 2. The fraction of sp³-hybridized carbons (Fsp3) is 0.176. The molecule has 1 fully saturated rings. The summed E-state index contributed by atoms with van der Waals surface area (Å²) in [5.41, 5.74) is 1.15. The molecule has 1 aromatic carbocycles. The third-order valence-electron chi connectivity index (χ3n) is 3.92. The normalized spacial score (nSPS) is 14.8. The summed E-state index contributed by atoms with van der Waals surface area (Å²) in [5, 5.41) is 17.2. The number of rotatable bonds is 3. The maximum atomic E-state index is 12.5. The smallest absolute Gasteiger partial charge is 0.289 e. The number of pyridine rings is 1. The zero-order chi connectivity index (χ0) is 18.0. The van der Waals surface area contributed by atoms with Gasteiger partial charge in [-0.05, 0) is 23.8 Å². The Balaban J connectivity index is 1.75. The minimum atomic E-state index is -0.456. The molecule has 0 bridgehead atoms. The minimum absolute atomic E-state index is 0.0411. The lowest BCUT2D eigenvalue weighted by molar-refractivity contribution is -0.126. The number of halogens is 2. The van der Waals surface area contributed by atoms with Gasteiger partial charge in [-0.25, -0.2) is 0 Å². The highest BCUT2D eigenvalue weighted by atomic mass is 35.5. The van der Waals surface area contributed by atoms with Crippen molar-refractivity contribution in [3.8, 4) is 0 Å². The zero-order valence-corrected chi connectivity index (χ0v) is 14.7. The van der Waals surface area contributed by atoms with Crippen LogP contribution in [-0.2, 0) is 11.3 Å². The summed E-state index contributed by atoms with van der Waals surface area (Å²) in [4.78, 5) is 19.5. The second-order valence-corrected chi connectivity index (χ2v) is 6.29. The van der Waals surface area contributed by atoms with E-state index in [0.29, 0.717) is 28.8 Å². The molecule has 1 aromatic heterocycles. The highest BCUT2D eigenvalue weighted by Crippen LogP contribution is 2.27. The zero-order valence-electron chi connectivity index (χ0n) is 13.2. The number of hydrogen-bond donors (Lipinski definition) is 2. The molecule has 0 aliphatic carbocycles. The van der Waals surface area contributed by atoms with Crippen molar-refractivity contribution in [2.24, 2.45) is 0 Å². The van der Waals surface area contributed by atoms with E-state index < -0.39 is 5.91 Å². The first-order chi connectivity index (χ1) is 12.0.